The van der Waals surface area contributed by atoms with Gasteiger partial charge in [-0.2, -0.15) is 0 Å². The van der Waals surface area contributed by atoms with Crippen LogP contribution >= 0.6 is 0 Å². The van der Waals surface area contributed by atoms with E-state index < -0.39 is 53.2 Å². The number of hydrogen-bond acceptors (Lipinski definition) is 9. The van der Waals surface area contributed by atoms with Crippen molar-refractivity contribution >= 4 is 17.5 Å². The van der Waals surface area contributed by atoms with E-state index in [4.69, 9.17) is 4.74 Å². The van der Waals surface area contributed by atoms with Gasteiger partial charge in [-0.25, -0.2) is 0 Å². The molecule has 156 valence electrons. The highest BCUT2D eigenvalue weighted by Crippen LogP contribution is 2.51. The molecule has 0 spiro atoms. The molecule has 0 bridgehead atoms. The lowest BCUT2D eigenvalue weighted by atomic mass is 9.73. The first kappa shape index (κ1) is 20.1. The number of ether oxygens (including phenoxy) is 1. The summed E-state index contributed by atoms with van der Waals surface area (Å²) in [5, 5.41) is 45.3. The van der Waals surface area contributed by atoms with Crippen molar-refractivity contribution in [3.05, 3.63) is 57.1 Å². The third-order valence-electron chi connectivity index (χ3n) is 5.81. The maximum absolute atomic E-state index is 13.2. The van der Waals surface area contributed by atoms with Crippen LogP contribution < -0.4 is 0 Å². The lowest BCUT2D eigenvalue weighted by Gasteiger charge is -2.44. The number of fused-ring (bicyclic) bond motifs is 2. The van der Waals surface area contributed by atoms with Crippen molar-refractivity contribution in [2.75, 3.05) is 0 Å². The minimum atomic E-state index is -2.22. The Bertz CT molecular complexity index is 1100. The molecule has 0 radical (unpaired) electrons. The lowest BCUT2D eigenvalue weighted by molar-refractivity contribution is -0.185. The second-order valence-electron chi connectivity index (χ2n) is 7.64. The van der Waals surface area contributed by atoms with Crippen LogP contribution in [-0.4, -0.2) is 67.9 Å². The number of rotatable bonds is 2. The number of phenolic OH excluding ortho intramolecular Hbond substituents is 1. The molecule has 0 saturated carbocycles. The second-order valence-corrected chi connectivity index (χ2v) is 7.64. The van der Waals surface area contributed by atoms with Gasteiger partial charge in [0, 0.05) is 34.8 Å². The first-order valence-corrected chi connectivity index (χ1v) is 9.03. The Labute approximate surface area is 169 Å². The SMILES string of the molecule is CC(=O)OC1C2=C(C3=C(C(=O)c4c(O)cccc4C3=O)C2N=[N-])C(O)C(O)C1(C)O. The van der Waals surface area contributed by atoms with E-state index in [0.29, 0.717) is 0 Å². The monoisotopic (exact) mass is 413 g/mol. The predicted molar refractivity (Wildman–Crippen MR) is 98.6 cm³/mol. The van der Waals surface area contributed by atoms with Crippen LogP contribution in [0.15, 0.2) is 45.6 Å². The third kappa shape index (κ3) is 2.38. The summed E-state index contributed by atoms with van der Waals surface area (Å²) in [7, 11) is 0. The van der Waals surface area contributed by atoms with E-state index in [1.165, 1.54) is 18.2 Å². The number of esters is 1. The topological polar surface area (TPSA) is 176 Å². The van der Waals surface area contributed by atoms with E-state index >= 15 is 0 Å². The average molecular weight is 413 g/mol. The van der Waals surface area contributed by atoms with Gasteiger partial charge in [-0.3, -0.25) is 14.4 Å². The Morgan fingerprint density at radius 2 is 1.87 bits per heavy atom. The van der Waals surface area contributed by atoms with E-state index in [0.717, 1.165) is 13.8 Å². The van der Waals surface area contributed by atoms with Gasteiger partial charge < -0.3 is 35.8 Å². The highest BCUT2D eigenvalue weighted by molar-refractivity contribution is 6.31. The molecule has 0 fully saturated rings. The summed E-state index contributed by atoms with van der Waals surface area (Å²) in [4.78, 5) is 38.1. The second kappa shape index (κ2) is 6.39. The fraction of sp³-hybridized carbons (Fsp3) is 0.350. The standard InChI is InChI=1S/C20H17N2O8/c1-6(23)30-19-13-11(17(27)18(28)20(19,2)29)10-12(14(13)22-21)16(26)9-7(15(10)25)4-3-5-8(9)24/h3-5,14,17-19,24,27-29H,1-2H3/q-1. The summed E-state index contributed by atoms with van der Waals surface area (Å²) >= 11 is 0. The van der Waals surface area contributed by atoms with E-state index in [-0.39, 0.29) is 33.4 Å². The first-order valence-electron chi connectivity index (χ1n) is 9.03. The molecule has 0 saturated heterocycles. The number of ketones is 2. The molecule has 0 amide bonds. The molecule has 3 aliphatic rings. The van der Waals surface area contributed by atoms with Crippen molar-refractivity contribution in [3.63, 3.8) is 0 Å². The van der Waals surface area contributed by atoms with Crippen LogP contribution in [0, 0.1) is 0 Å². The van der Waals surface area contributed by atoms with Gasteiger partial charge >= 0.3 is 5.97 Å². The molecule has 1 aromatic rings. The summed E-state index contributed by atoms with van der Waals surface area (Å²) < 4.78 is 5.16. The molecule has 0 aliphatic heterocycles. The van der Waals surface area contributed by atoms with Crippen LogP contribution in [0.4, 0.5) is 0 Å². The van der Waals surface area contributed by atoms with Crippen LogP contribution in [0.5, 0.6) is 5.75 Å². The van der Waals surface area contributed by atoms with E-state index in [9.17, 15) is 40.3 Å². The maximum Gasteiger partial charge on any atom is 0.303 e. The molecule has 10 nitrogen and oxygen atoms in total. The molecular formula is C20H17N2O8-. The number of aliphatic hydroxyl groups is 3. The van der Waals surface area contributed by atoms with Gasteiger partial charge in [0.15, 0.2) is 17.7 Å². The average Bonchev–Trinajstić information content (AvgIpc) is 3.03. The number of carbonyl (C=O) groups is 3. The first-order chi connectivity index (χ1) is 14.0. The van der Waals surface area contributed by atoms with Crippen molar-refractivity contribution in [2.45, 2.75) is 43.8 Å². The number of benzene rings is 1. The van der Waals surface area contributed by atoms with Crippen molar-refractivity contribution in [1.82, 2.24) is 0 Å². The molecule has 5 atom stereocenters. The normalized spacial score (nSPS) is 32.6. The summed E-state index contributed by atoms with van der Waals surface area (Å²) in [6.45, 7) is 2.15. The molecule has 10 heteroatoms. The fourth-order valence-electron chi connectivity index (χ4n) is 4.47. The van der Waals surface area contributed by atoms with Crippen molar-refractivity contribution in [3.8, 4) is 5.75 Å². The minimum Gasteiger partial charge on any atom is -0.711 e. The molecule has 5 unspecified atom stereocenters. The number of nitrogens with zero attached hydrogens (tertiary/aromatic N) is 2. The van der Waals surface area contributed by atoms with Gasteiger partial charge in [-0.15, -0.1) is 0 Å². The van der Waals surface area contributed by atoms with E-state index in [1.807, 2.05) is 0 Å². The smallest absolute Gasteiger partial charge is 0.303 e. The third-order valence-corrected chi connectivity index (χ3v) is 5.81. The van der Waals surface area contributed by atoms with Gasteiger partial charge in [0.1, 0.15) is 23.6 Å². The largest absolute Gasteiger partial charge is 0.711 e. The van der Waals surface area contributed by atoms with Crippen molar-refractivity contribution in [1.29, 1.82) is 0 Å². The highest BCUT2D eigenvalue weighted by Gasteiger charge is 2.59. The van der Waals surface area contributed by atoms with Crippen LogP contribution in [0.1, 0.15) is 34.6 Å². The molecule has 0 heterocycles. The van der Waals surface area contributed by atoms with Crippen LogP contribution in [-0.2, 0) is 9.53 Å². The van der Waals surface area contributed by atoms with Gasteiger partial charge in [0.2, 0.25) is 0 Å². The Morgan fingerprint density at radius 1 is 1.20 bits per heavy atom. The van der Waals surface area contributed by atoms with Gasteiger partial charge in [-0.1, -0.05) is 12.1 Å². The van der Waals surface area contributed by atoms with Crippen LogP contribution in [0.2, 0.25) is 0 Å². The fourth-order valence-corrected chi connectivity index (χ4v) is 4.47. The van der Waals surface area contributed by atoms with Crippen LogP contribution in [0.25, 0.3) is 5.53 Å². The zero-order chi connectivity index (χ0) is 22.1. The van der Waals surface area contributed by atoms with E-state index in [2.05, 4.69) is 5.11 Å². The summed E-state index contributed by atoms with van der Waals surface area (Å²) in [6, 6.07) is 2.33. The lowest BCUT2D eigenvalue weighted by Crippen LogP contribution is -2.61. The molecule has 30 heavy (non-hydrogen) atoms. The summed E-state index contributed by atoms with van der Waals surface area (Å²) in [5.74, 6) is -2.87. The van der Waals surface area contributed by atoms with Crippen molar-refractivity contribution in [2.24, 2.45) is 5.11 Å². The molecule has 0 aromatic heterocycles. The van der Waals surface area contributed by atoms with E-state index in [1.54, 1.807) is 0 Å². The number of carbonyl (C=O) groups excluding carboxylic acids is 3. The number of Topliss-reactive ketones (excluding diaryl/α,β-unsaturated/α-hetero) is 2. The zero-order valence-corrected chi connectivity index (χ0v) is 15.9. The molecule has 1 aromatic carbocycles. The maximum atomic E-state index is 13.2. The van der Waals surface area contributed by atoms with Crippen LogP contribution in [0.3, 0.4) is 0 Å². The highest BCUT2D eigenvalue weighted by atomic mass is 16.6. The van der Waals surface area contributed by atoms with Gasteiger partial charge in [-0.05, 0) is 13.0 Å². The number of aromatic hydroxyl groups is 1. The Hall–Kier alpha value is -3.21. The number of aliphatic hydroxyl groups excluding tert-OH is 2. The Balaban J connectivity index is 2.01. The number of phenols is 1. The summed E-state index contributed by atoms with van der Waals surface area (Å²) in [5.41, 5.74) is 5.98. The summed E-state index contributed by atoms with van der Waals surface area (Å²) in [6.07, 6.45) is -5.35. The quantitative estimate of drug-likeness (QED) is 0.392. The van der Waals surface area contributed by atoms with Gasteiger partial charge in [0.25, 0.3) is 0 Å². The van der Waals surface area contributed by atoms with Gasteiger partial charge in [0.05, 0.1) is 11.6 Å². The molecule has 3 aliphatic carbocycles. The Morgan fingerprint density at radius 3 is 2.47 bits per heavy atom. The molecule has 4 N–H and O–H groups in total. The Kier molecular flexibility index (Phi) is 4.28. The minimum absolute atomic E-state index is 0.132. The number of hydrogen-bond donors (Lipinski definition) is 4. The predicted octanol–water partition coefficient (Wildman–Crippen LogP) is 0.186. The molecule has 4 rings (SSSR count). The molecular weight excluding hydrogens is 396 g/mol. The zero-order valence-electron chi connectivity index (χ0n) is 15.9. The van der Waals surface area contributed by atoms with Crippen molar-refractivity contribution < 1.29 is 39.5 Å².